The van der Waals surface area contributed by atoms with Gasteiger partial charge in [-0.2, -0.15) is 5.26 Å². The summed E-state index contributed by atoms with van der Waals surface area (Å²) in [6.07, 6.45) is 7.54. The van der Waals surface area contributed by atoms with Crippen molar-refractivity contribution in [2.75, 3.05) is 6.54 Å². The predicted octanol–water partition coefficient (Wildman–Crippen LogP) is 2.45. The van der Waals surface area contributed by atoms with E-state index in [2.05, 4.69) is 23.6 Å². The van der Waals surface area contributed by atoms with Crippen LogP contribution in [0, 0.1) is 11.3 Å². The maximum Gasteiger partial charge on any atom is 0.262 e. The Morgan fingerprint density at radius 3 is 2.67 bits per heavy atom. The Kier molecular flexibility index (Phi) is 7.25. The zero-order valence-corrected chi connectivity index (χ0v) is 12.9. The van der Waals surface area contributed by atoms with Gasteiger partial charge in [0, 0.05) is 0 Å². The molecule has 0 saturated carbocycles. The maximum absolute atomic E-state index is 11.9. The summed E-state index contributed by atoms with van der Waals surface area (Å²) >= 11 is 0. The highest BCUT2D eigenvalue weighted by Crippen LogP contribution is 2.25. The summed E-state index contributed by atoms with van der Waals surface area (Å²) in [5.41, 5.74) is 1.04. The van der Waals surface area contributed by atoms with Crippen molar-refractivity contribution in [2.24, 2.45) is 4.99 Å². The number of hydrogen-bond donors (Lipinski definition) is 3. The van der Waals surface area contributed by atoms with Gasteiger partial charge >= 0.3 is 0 Å². The highest BCUT2D eigenvalue weighted by molar-refractivity contribution is 5.97. The van der Waals surface area contributed by atoms with Crippen molar-refractivity contribution >= 4 is 18.7 Å². The topological polar surface area (TPSA) is 106 Å². The number of carbonyl (C=O) groups excluding carboxylic acids is 1. The van der Waals surface area contributed by atoms with Gasteiger partial charge in [0.25, 0.3) is 5.91 Å². The molecule has 0 unspecified atom stereocenters. The first-order chi connectivity index (χ1) is 11.5. The van der Waals surface area contributed by atoms with E-state index >= 15 is 0 Å². The third-order valence-corrected chi connectivity index (χ3v) is 2.86. The first-order valence-electron chi connectivity index (χ1n) is 6.88. The molecule has 0 spiro atoms. The Labute approximate surface area is 140 Å². The molecule has 0 bridgehead atoms. The second-order valence-corrected chi connectivity index (χ2v) is 4.53. The Morgan fingerprint density at radius 1 is 1.33 bits per heavy atom. The third-order valence-electron chi connectivity index (χ3n) is 2.86. The quantitative estimate of drug-likeness (QED) is 0.235. The lowest BCUT2D eigenvalue weighted by Gasteiger charge is -2.03. The van der Waals surface area contributed by atoms with Gasteiger partial charge in [-0.05, 0) is 36.6 Å². The molecule has 0 heterocycles. The second kappa shape index (κ2) is 9.43. The number of phenolic OH excluding ortho intramolecular Hbond substituents is 2. The molecule has 0 saturated heterocycles. The number of carbonyl (C=O) groups is 1. The molecule has 6 heteroatoms. The molecule has 0 radical (unpaired) electrons. The number of rotatable bonds is 7. The summed E-state index contributed by atoms with van der Waals surface area (Å²) in [7, 11) is 0. The van der Waals surface area contributed by atoms with E-state index in [1.165, 1.54) is 30.4 Å². The molecule has 0 aromatic heterocycles. The largest absolute Gasteiger partial charge is 0.504 e. The van der Waals surface area contributed by atoms with Crippen molar-refractivity contribution in [2.45, 2.75) is 0 Å². The molecule has 1 aromatic carbocycles. The molecule has 1 aromatic rings. The van der Waals surface area contributed by atoms with Crippen molar-refractivity contribution in [1.82, 2.24) is 5.32 Å². The first-order valence-corrected chi connectivity index (χ1v) is 6.88. The van der Waals surface area contributed by atoms with Crippen LogP contribution in [0.15, 0.2) is 65.3 Å². The van der Waals surface area contributed by atoms with Crippen LogP contribution in [0.4, 0.5) is 0 Å². The minimum absolute atomic E-state index is 0.0868. The summed E-state index contributed by atoms with van der Waals surface area (Å²) in [4.78, 5) is 15.6. The van der Waals surface area contributed by atoms with E-state index in [1.807, 2.05) is 0 Å². The number of allylic oxidation sites excluding steroid dienone is 4. The average Bonchev–Trinajstić information content (AvgIpc) is 2.58. The van der Waals surface area contributed by atoms with Crippen molar-refractivity contribution in [3.8, 4) is 17.6 Å². The third kappa shape index (κ3) is 5.66. The molecule has 0 aliphatic rings. The summed E-state index contributed by atoms with van der Waals surface area (Å²) in [6.45, 7) is 7.03. The van der Waals surface area contributed by atoms with E-state index in [0.717, 1.165) is 0 Å². The number of hydrogen-bond acceptors (Lipinski definition) is 5. The lowest BCUT2D eigenvalue weighted by molar-refractivity contribution is -0.116. The van der Waals surface area contributed by atoms with E-state index < -0.39 is 5.91 Å². The fourth-order valence-electron chi connectivity index (χ4n) is 1.63. The van der Waals surface area contributed by atoms with Crippen molar-refractivity contribution < 1.29 is 15.0 Å². The standard InChI is InChI=1S/C18H17N3O3/c1-3-5-15(20-2)12-21-18(24)14(11-19)7-4-6-13-8-9-16(22)17(23)10-13/h3-10,22-23H,1-2,12H2,(H,21,24)/b6-4+,14-7+,15-5-. The second-order valence-electron chi connectivity index (χ2n) is 4.53. The van der Waals surface area contributed by atoms with E-state index in [4.69, 9.17) is 5.26 Å². The Morgan fingerprint density at radius 2 is 2.08 bits per heavy atom. The van der Waals surface area contributed by atoms with Crippen LogP contribution in [0.1, 0.15) is 5.56 Å². The number of benzene rings is 1. The SMILES string of the molecule is C=C/C=C(/CNC(=O)/C(C#N)=C/C=C/c1ccc(O)c(O)c1)N=C. The number of phenols is 2. The number of amides is 1. The number of aliphatic imine (C=N–C) groups is 1. The molecule has 122 valence electrons. The number of nitrogens with one attached hydrogen (secondary N) is 1. The van der Waals surface area contributed by atoms with Gasteiger partial charge in [0.15, 0.2) is 11.5 Å². The van der Waals surface area contributed by atoms with Crippen LogP contribution >= 0.6 is 0 Å². The molecule has 0 aliphatic carbocycles. The summed E-state index contributed by atoms with van der Waals surface area (Å²) < 4.78 is 0. The molecule has 0 atom stereocenters. The summed E-state index contributed by atoms with van der Waals surface area (Å²) in [5, 5.41) is 30.2. The van der Waals surface area contributed by atoms with E-state index in [9.17, 15) is 15.0 Å². The number of aromatic hydroxyl groups is 2. The molecule has 1 amide bonds. The van der Waals surface area contributed by atoms with Crippen LogP contribution in [0.25, 0.3) is 6.08 Å². The van der Waals surface area contributed by atoms with Crippen LogP contribution < -0.4 is 5.32 Å². The van der Waals surface area contributed by atoms with Crippen molar-refractivity contribution in [3.63, 3.8) is 0 Å². The highest BCUT2D eigenvalue weighted by Gasteiger charge is 2.07. The molecule has 24 heavy (non-hydrogen) atoms. The zero-order chi connectivity index (χ0) is 17.9. The minimum atomic E-state index is -0.547. The lowest BCUT2D eigenvalue weighted by Crippen LogP contribution is -2.26. The van der Waals surface area contributed by atoms with E-state index in [0.29, 0.717) is 11.3 Å². The lowest BCUT2D eigenvalue weighted by atomic mass is 10.1. The van der Waals surface area contributed by atoms with Crippen LogP contribution in [-0.2, 0) is 4.79 Å². The van der Waals surface area contributed by atoms with Gasteiger partial charge in [-0.1, -0.05) is 30.9 Å². The number of nitrogens with zero attached hydrogens (tertiary/aromatic N) is 2. The zero-order valence-electron chi connectivity index (χ0n) is 12.9. The fraction of sp³-hybridized carbons (Fsp3) is 0.0556. The van der Waals surface area contributed by atoms with Crippen LogP contribution in [0.3, 0.4) is 0 Å². The van der Waals surface area contributed by atoms with Gasteiger partial charge in [-0.15, -0.1) is 0 Å². The summed E-state index contributed by atoms with van der Waals surface area (Å²) in [6, 6.07) is 6.08. The van der Waals surface area contributed by atoms with Gasteiger partial charge in [0.1, 0.15) is 11.6 Å². The van der Waals surface area contributed by atoms with Crippen LogP contribution in [-0.4, -0.2) is 29.4 Å². The van der Waals surface area contributed by atoms with Gasteiger partial charge in [0.2, 0.25) is 0 Å². The highest BCUT2D eigenvalue weighted by atomic mass is 16.3. The average molecular weight is 323 g/mol. The Bertz CT molecular complexity index is 768. The number of nitriles is 1. The molecule has 6 nitrogen and oxygen atoms in total. The Balaban J connectivity index is 2.77. The molecular formula is C18H17N3O3. The van der Waals surface area contributed by atoms with E-state index in [1.54, 1.807) is 24.3 Å². The fourth-order valence-corrected chi connectivity index (χ4v) is 1.63. The van der Waals surface area contributed by atoms with E-state index in [-0.39, 0.29) is 23.6 Å². The Hall–Kier alpha value is -3.59. The van der Waals surface area contributed by atoms with Crippen molar-refractivity contribution in [1.29, 1.82) is 5.26 Å². The molecular weight excluding hydrogens is 306 g/mol. The van der Waals surface area contributed by atoms with Gasteiger partial charge in [-0.25, -0.2) is 0 Å². The first kappa shape index (κ1) is 18.5. The van der Waals surface area contributed by atoms with Crippen LogP contribution in [0.5, 0.6) is 11.5 Å². The summed E-state index contributed by atoms with van der Waals surface area (Å²) in [5.74, 6) is -1.02. The predicted molar refractivity (Wildman–Crippen MR) is 93.3 cm³/mol. The molecule has 1 rings (SSSR count). The van der Waals surface area contributed by atoms with Gasteiger partial charge < -0.3 is 15.5 Å². The van der Waals surface area contributed by atoms with Gasteiger partial charge in [-0.3, -0.25) is 9.79 Å². The van der Waals surface area contributed by atoms with Crippen LogP contribution in [0.2, 0.25) is 0 Å². The van der Waals surface area contributed by atoms with Crippen molar-refractivity contribution in [3.05, 3.63) is 65.9 Å². The normalized spacial score (nSPS) is 11.8. The maximum atomic E-state index is 11.9. The molecule has 3 N–H and O–H groups in total. The smallest absolute Gasteiger partial charge is 0.262 e. The molecule has 0 fully saturated rings. The monoisotopic (exact) mass is 323 g/mol. The minimum Gasteiger partial charge on any atom is -0.504 e. The molecule has 0 aliphatic heterocycles. The van der Waals surface area contributed by atoms with Gasteiger partial charge in [0.05, 0.1) is 12.2 Å².